The number of epoxide rings is 1. The average Bonchev–Trinajstić information content (AvgIpc) is 3.32. The molecule has 2 saturated carbocycles. The first-order valence-corrected chi connectivity index (χ1v) is 16.0. The van der Waals surface area contributed by atoms with Crippen molar-refractivity contribution < 1.29 is 18.8 Å². The molecule has 8 heteroatoms. The number of hydrogen-bond donors (Lipinski definition) is 3. The lowest BCUT2D eigenvalue weighted by Gasteiger charge is -2.54. The molecule has 0 aromatic heterocycles. The van der Waals surface area contributed by atoms with Crippen LogP contribution in [0.2, 0.25) is 18.1 Å². The third-order valence-electron chi connectivity index (χ3n) is 9.99. The van der Waals surface area contributed by atoms with Crippen molar-refractivity contribution in [3.05, 3.63) is 11.6 Å². The molecule has 3 aliphatic heterocycles. The molecular weight excluding hydrogens is 446 g/mol. The molecule has 2 saturated heterocycles. The predicted octanol–water partition coefficient (Wildman–Crippen LogP) is 4.00. The normalized spacial score (nSPS) is 44.3. The molecule has 1 spiro atoms. The molecule has 0 aromatic carbocycles. The van der Waals surface area contributed by atoms with E-state index in [4.69, 9.17) is 9.16 Å². The van der Waals surface area contributed by atoms with Gasteiger partial charge in [0, 0.05) is 11.5 Å². The van der Waals surface area contributed by atoms with Gasteiger partial charge in [0.25, 0.3) is 0 Å². The van der Waals surface area contributed by atoms with Crippen molar-refractivity contribution in [1.82, 2.24) is 16.0 Å². The van der Waals surface area contributed by atoms with E-state index in [1.165, 1.54) is 5.57 Å². The highest BCUT2D eigenvalue weighted by atomic mass is 28.4. The van der Waals surface area contributed by atoms with Crippen molar-refractivity contribution in [3.8, 4) is 0 Å². The van der Waals surface area contributed by atoms with E-state index in [1.54, 1.807) is 0 Å². The van der Waals surface area contributed by atoms with Gasteiger partial charge in [-0.15, -0.1) is 0 Å². The maximum atomic E-state index is 13.8. The lowest BCUT2D eigenvalue weighted by molar-refractivity contribution is -0.133. The number of carbonyl (C=O) groups is 2. The Kier molecular flexibility index (Phi) is 5.24. The van der Waals surface area contributed by atoms with Crippen LogP contribution in [0, 0.1) is 11.3 Å². The zero-order valence-corrected chi connectivity index (χ0v) is 23.1. The predicted molar refractivity (Wildman–Crippen MR) is 134 cm³/mol. The van der Waals surface area contributed by atoms with E-state index in [0.717, 1.165) is 32.1 Å². The second kappa shape index (κ2) is 7.32. The van der Waals surface area contributed by atoms with Crippen LogP contribution in [-0.2, 0) is 14.0 Å². The molecule has 4 fully saturated rings. The highest BCUT2D eigenvalue weighted by Gasteiger charge is 2.77. The summed E-state index contributed by atoms with van der Waals surface area (Å²) in [5, 5.41) is 9.86. The summed E-state index contributed by atoms with van der Waals surface area (Å²) in [6.07, 6.45) is 6.59. The fraction of sp³-hybridized carbons (Fsp3) is 0.846. The SMILES string of the molecule is CC(C)NC(=O)N[C@]12CCC/C1=C/[C@@]1(C)[C@@H](O[Si](C)(C)C(C)(C)C)CC[C@]13NC(=O)[C@H]2[C@H]1O[C@H]13. The van der Waals surface area contributed by atoms with Crippen molar-refractivity contribution in [2.45, 2.75) is 127 Å². The largest absolute Gasteiger partial charge is 0.413 e. The van der Waals surface area contributed by atoms with Gasteiger partial charge in [-0.1, -0.05) is 33.8 Å². The van der Waals surface area contributed by atoms with Gasteiger partial charge < -0.3 is 25.1 Å². The fourth-order valence-corrected chi connectivity index (χ4v) is 8.60. The monoisotopic (exact) mass is 489 g/mol. The smallest absolute Gasteiger partial charge is 0.315 e. The standard InChI is InChI=1S/C26H43N3O4Si/c1-15(2)27-22(31)29-25-12-9-10-16(25)14-24(6)17(33-34(7,8)23(3,4)5)11-13-26(24)20-19(32-20)18(25)21(30)28-26/h14-15,17-20H,9-13H2,1-8H3,(H,28,30)(H2,27,29,31)/b16-14-/t17-,18+,19+,20+,24-,25+,26+/m0/s1. The Bertz CT molecular complexity index is 943. The van der Waals surface area contributed by atoms with Crippen LogP contribution in [0.5, 0.6) is 0 Å². The van der Waals surface area contributed by atoms with Crippen LogP contribution >= 0.6 is 0 Å². The van der Waals surface area contributed by atoms with Crippen LogP contribution in [0.25, 0.3) is 0 Å². The average molecular weight is 490 g/mol. The summed E-state index contributed by atoms with van der Waals surface area (Å²) >= 11 is 0. The second-order valence-electron chi connectivity index (χ2n) is 13.4. The molecule has 6 rings (SSSR count). The molecule has 3 aliphatic carbocycles. The molecular formula is C26H43N3O4Si. The number of urea groups is 1. The summed E-state index contributed by atoms with van der Waals surface area (Å²) in [4.78, 5) is 26.8. The Balaban J connectivity index is 1.61. The number of piperidine rings is 1. The zero-order valence-electron chi connectivity index (χ0n) is 22.1. The summed E-state index contributed by atoms with van der Waals surface area (Å²) in [5.74, 6) is -0.366. The summed E-state index contributed by atoms with van der Waals surface area (Å²) in [6, 6.07) is -0.192. The topological polar surface area (TPSA) is 92.0 Å². The van der Waals surface area contributed by atoms with Crippen LogP contribution in [0.4, 0.5) is 4.79 Å². The van der Waals surface area contributed by atoms with Crippen molar-refractivity contribution in [2.24, 2.45) is 11.3 Å². The van der Waals surface area contributed by atoms with E-state index in [1.807, 2.05) is 13.8 Å². The number of carbonyl (C=O) groups excluding carboxylic acids is 2. The van der Waals surface area contributed by atoms with Crippen molar-refractivity contribution >= 4 is 20.3 Å². The number of hydrogen-bond acceptors (Lipinski definition) is 4. The summed E-state index contributed by atoms with van der Waals surface area (Å²) in [7, 11) is -2.04. The van der Waals surface area contributed by atoms with E-state index in [2.05, 4.69) is 62.8 Å². The maximum Gasteiger partial charge on any atom is 0.315 e. The lowest BCUT2D eigenvalue weighted by atomic mass is 9.59. The lowest BCUT2D eigenvalue weighted by Crippen LogP contribution is -2.73. The summed E-state index contributed by atoms with van der Waals surface area (Å²) in [6.45, 7) is 17.6. The zero-order chi connectivity index (χ0) is 24.9. The van der Waals surface area contributed by atoms with Crippen LogP contribution in [0.1, 0.15) is 73.6 Å². The Morgan fingerprint density at radius 3 is 2.65 bits per heavy atom. The highest BCUT2D eigenvalue weighted by molar-refractivity contribution is 6.74. The van der Waals surface area contributed by atoms with Crippen LogP contribution in [0.15, 0.2) is 11.6 Å². The Hall–Kier alpha value is -1.38. The third-order valence-corrected chi connectivity index (χ3v) is 14.5. The summed E-state index contributed by atoms with van der Waals surface area (Å²) in [5.41, 5.74) is -0.357. The van der Waals surface area contributed by atoms with E-state index in [-0.39, 0.29) is 47.2 Å². The number of amides is 3. The highest BCUT2D eigenvalue weighted by Crippen LogP contribution is 2.64. The van der Waals surface area contributed by atoms with Crippen LogP contribution in [-0.4, -0.2) is 55.7 Å². The van der Waals surface area contributed by atoms with Gasteiger partial charge in [0.2, 0.25) is 5.91 Å². The molecule has 7 atom stereocenters. The van der Waals surface area contributed by atoms with E-state index in [9.17, 15) is 9.59 Å². The van der Waals surface area contributed by atoms with E-state index < -0.39 is 24.8 Å². The molecule has 0 radical (unpaired) electrons. The van der Waals surface area contributed by atoms with Crippen molar-refractivity contribution in [3.63, 3.8) is 0 Å². The molecule has 6 aliphatic rings. The molecule has 3 N–H and O–H groups in total. The van der Waals surface area contributed by atoms with Crippen LogP contribution < -0.4 is 16.0 Å². The van der Waals surface area contributed by atoms with Crippen LogP contribution in [0.3, 0.4) is 0 Å². The number of rotatable bonds is 4. The van der Waals surface area contributed by atoms with Gasteiger partial charge in [-0.25, -0.2) is 4.79 Å². The van der Waals surface area contributed by atoms with Gasteiger partial charge in [0.05, 0.1) is 23.1 Å². The molecule has 3 heterocycles. The van der Waals surface area contributed by atoms with Gasteiger partial charge >= 0.3 is 6.03 Å². The molecule has 3 amide bonds. The molecule has 190 valence electrons. The van der Waals surface area contributed by atoms with Crippen molar-refractivity contribution in [1.29, 1.82) is 0 Å². The van der Waals surface area contributed by atoms with Gasteiger partial charge in [-0.3, -0.25) is 4.79 Å². The third kappa shape index (κ3) is 3.20. The minimum atomic E-state index is -2.04. The number of ether oxygens (including phenoxy) is 1. The van der Waals surface area contributed by atoms with Crippen molar-refractivity contribution in [2.75, 3.05) is 0 Å². The first-order chi connectivity index (χ1) is 15.7. The Morgan fingerprint density at radius 2 is 2.00 bits per heavy atom. The number of nitrogens with one attached hydrogen (secondary N) is 3. The van der Waals surface area contributed by atoms with Gasteiger partial charge in [0.1, 0.15) is 12.2 Å². The minimum absolute atomic E-state index is 0.00322. The Labute approximate surface area is 205 Å². The fourth-order valence-electron chi connectivity index (χ4n) is 7.17. The molecule has 2 bridgehead atoms. The van der Waals surface area contributed by atoms with Gasteiger partial charge in [0.15, 0.2) is 8.32 Å². The molecule has 0 unspecified atom stereocenters. The first kappa shape index (κ1) is 24.3. The minimum Gasteiger partial charge on any atom is -0.413 e. The molecule has 7 nitrogen and oxygen atoms in total. The first-order valence-electron chi connectivity index (χ1n) is 13.1. The molecule has 34 heavy (non-hydrogen) atoms. The van der Waals surface area contributed by atoms with Gasteiger partial charge in [-0.2, -0.15) is 0 Å². The Morgan fingerprint density at radius 1 is 1.29 bits per heavy atom. The maximum absolute atomic E-state index is 13.8. The molecule has 0 aromatic rings. The quantitative estimate of drug-likeness (QED) is 0.316. The summed E-state index contributed by atoms with van der Waals surface area (Å²) < 4.78 is 13.5. The van der Waals surface area contributed by atoms with Gasteiger partial charge in [-0.05, 0) is 69.7 Å². The second-order valence-corrected chi connectivity index (χ2v) is 18.2. The number of fused-ring (bicyclic) bond motifs is 1. The van der Waals surface area contributed by atoms with E-state index >= 15 is 0 Å². The van der Waals surface area contributed by atoms with E-state index in [0.29, 0.717) is 0 Å².